The summed E-state index contributed by atoms with van der Waals surface area (Å²) < 4.78 is 15.3. The number of carbonyl (C=O) groups is 1. The largest absolute Gasteiger partial charge is 0.323 e. The Kier molecular flexibility index (Phi) is 5.46. The molecule has 0 fully saturated rings. The molecule has 5 nitrogen and oxygen atoms in total. The fourth-order valence-electron chi connectivity index (χ4n) is 2.86. The van der Waals surface area contributed by atoms with Gasteiger partial charge < -0.3 is 5.32 Å². The van der Waals surface area contributed by atoms with E-state index in [2.05, 4.69) is 10.3 Å². The predicted octanol–water partition coefficient (Wildman–Crippen LogP) is 4.63. The SMILES string of the molecule is Cc1cc2c(=O)n(-c3ccccc3)c(SCC(=O)Nc3ccccc3F)nc2s1. The van der Waals surface area contributed by atoms with Gasteiger partial charge in [-0.25, -0.2) is 9.37 Å². The number of rotatable bonds is 5. The summed E-state index contributed by atoms with van der Waals surface area (Å²) in [4.78, 5) is 31.7. The molecule has 2 aromatic heterocycles. The van der Waals surface area contributed by atoms with Gasteiger partial charge in [-0.2, -0.15) is 0 Å². The lowest BCUT2D eigenvalue weighted by atomic mass is 10.3. The summed E-state index contributed by atoms with van der Waals surface area (Å²) in [6.45, 7) is 1.92. The van der Waals surface area contributed by atoms with Crippen molar-refractivity contribution in [3.05, 3.63) is 81.7 Å². The molecule has 4 rings (SSSR count). The maximum absolute atomic E-state index is 13.8. The molecule has 0 atom stereocenters. The number of amides is 1. The van der Waals surface area contributed by atoms with Gasteiger partial charge in [-0.05, 0) is 37.3 Å². The first-order chi connectivity index (χ1) is 14.0. The van der Waals surface area contributed by atoms with Crippen molar-refractivity contribution in [3.63, 3.8) is 0 Å². The molecule has 2 aromatic carbocycles. The normalized spacial score (nSPS) is 11.0. The standard InChI is InChI=1S/C21H16FN3O2S2/c1-13-11-15-19(29-13)24-21(25(20(15)27)14-7-3-2-4-8-14)28-12-18(26)23-17-10-6-5-9-16(17)22/h2-11H,12H2,1H3,(H,23,26). The van der Waals surface area contributed by atoms with Gasteiger partial charge in [-0.15, -0.1) is 11.3 Å². The molecule has 0 aliphatic carbocycles. The zero-order valence-corrected chi connectivity index (χ0v) is 17.0. The third-order valence-corrected chi connectivity index (χ3v) is 6.04. The molecule has 0 radical (unpaired) electrons. The Labute approximate surface area is 174 Å². The first-order valence-corrected chi connectivity index (χ1v) is 10.6. The van der Waals surface area contributed by atoms with Crippen LogP contribution in [-0.4, -0.2) is 21.2 Å². The summed E-state index contributed by atoms with van der Waals surface area (Å²) >= 11 is 2.57. The number of anilines is 1. The Hall–Kier alpha value is -2.97. The molecule has 2 heterocycles. The number of carbonyl (C=O) groups excluding carboxylic acids is 1. The van der Waals surface area contributed by atoms with E-state index in [0.29, 0.717) is 21.1 Å². The molecule has 146 valence electrons. The van der Waals surface area contributed by atoms with Crippen LogP contribution in [0.15, 0.2) is 70.6 Å². The van der Waals surface area contributed by atoms with Gasteiger partial charge in [0.2, 0.25) is 5.91 Å². The van der Waals surface area contributed by atoms with Crippen molar-refractivity contribution in [2.24, 2.45) is 0 Å². The third-order valence-electron chi connectivity index (χ3n) is 4.15. The molecule has 0 aliphatic heterocycles. The first-order valence-electron chi connectivity index (χ1n) is 8.79. The topological polar surface area (TPSA) is 64.0 Å². The summed E-state index contributed by atoms with van der Waals surface area (Å²) in [7, 11) is 0. The Bertz CT molecular complexity index is 1250. The number of para-hydroxylation sites is 2. The van der Waals surface area contributed by atoms with E-state index in [1.54, 1.807) is 12.1 Å². The van der Waals surface area contributed by atoms with E-state index >= 15 is 0 Å². The second-order valence-electron chi connectivity index (χ2n) is 6.26. The van der Waals surface area contributed by atoms with Gasteiger partial charge in [0.05, 0.1) is 22.5 Å². The van der Waals surface area contributed by atoms with E-state index in [-0.39, 0.29) is 22.9 Å². The number of thioether (sulfide) groups is 1. The number of hydrogen-bond acceptors (Lipinski definition) is 5. The second-order valence-corrected chi connectivity index (χ2v) is 8.44. The van der Waals surface area contributed by atoms with Gasteiger partial charge >= 0.3 is 0 Å². The molecule has 4 aromatic rings. The van der Waals surface area contributed by atoms with Crippen LogP contribution in [0.1, 0.15) is 4.88 Å². The molecule has 8 heteroatoms. The van der Waals surface area contributed by atoms with E-state index < -0.39 is 5.82 Å². The highest BCUT2D eigenvalue weighted by atomic mass is 32.2. The van der Waals surface area contributed by atoms with Gasteiger partial charge in [-0.1, -0.05) is 42.1 Å². The maximum Gasteiger partial charge on any atom is 0.267 e. The summed E-state index contributed by atoms with van der Waals surface area (Å²) in [6.07, 6.45) is 0. The molecule has 0 spiro atoms. The quantitative estimate of drug-likeness (QED) is 0.374. The van der Waals surface area contributed by atoms with Gasteiger partial charge in [0.1, 0.15) is 10.6 Å². The van der Waals surface area contributed by atoms with Crippen molar-refractivity contribution in [3.8, 4) is 5.69 Å². The summed E-state index contributed by atoms with van der Waals surface area (Å²) in [5.74, 6) is -0.888. The van der Waals surface area contributed by atoms with E-state index in [1.165, 1.54) is 28.0 Å². The van der Waals surface area contributed by atoms with Gasteiger partial charge in [0.15, 0.2) is 5.16 Å². The number of benzene rings is 2. The lowest BCUT2D eigenvalue weighted by Gasteiger charge is -2.12. The van der Waals surface area contributed by atoms with E-state index in [1.807, 2.05) is 43.3 Å². The number of fused-ring (bicyclic) bond motifs is 1. The van der Waals surface area contributed by atoms with Crippen molar-refractivity contribution < 1.29 is 9.18 Å². The number of aromatic nitrogens is 2. The van der Waals surface area contributed by atoms with Crippen LogP contribution >= 0.6 is 23.1 Å². The Morgan fingerprint density at radius 3 is 2.66 bits per heavy atom. The van der Waals surface area contributed by atoms with E-state index in [9.17, 15) is 14.0 Å². The van der Waals surface area contributed by atoms with Gasteiger partial charge in [0.25, 0.3) is 5.56 Å². The van der Waals surface area contributed by atoms with E-state index in [0.717, 1.165) is 16.6 Å². The molecule has 1 N–H and O–H groups in total. The molecule has 0 unspecified atom stereocenters. The fourth-order valence-corrected chi connectivity index (χ4v) is 4.60. The molecule has 0 aliphatic rings. The van der Waals surface area contributed by atoms with Crippen molar-refractivity contribution in [1.82, 2.24) is 9.55 Å². The maximum atomic E-state index is 13.8. The minimum atomic E-state index is -0.499. The van der Waals surface area contributed by atoms with Crippen LogP contribution in [0.5, 0.6) is 0 Å². The van der Waals surface area contributed by atoms with E-state index in [4.69, 9.17) is 0 Å². The number of nitrogens with zero attached hydrogens (tertiary/aromatic N) is 2. The molecule has 0 bridgehead atoms. The van der Waals surface area contributed by atoms with Crippen LogP contribution < -0.4 is 10.9 Å². The second kappa shape index (κ2) is 8.18. The molecule has 29 heavy (non-hydrogen) atoms. The van der Waals surface area contributed by atoms with Crippen LogP contribution in [0.3, 0.4) is 0 Å². The van der Waals surface area contributed by atoms with Crippen LogP contribution in [0.25, 0.3) is 15.9 Å². The highest BCUT2D eigenvalue weighted by Gasteiger charge is 2.16. The van der Waals surface area contributed by atoms with Gasteiger partial charge in [-0.3, -0.25) is 14.2 Å². The average molecular weight is 426 g/mol. The Balaban J connectivity index is 1.66. The van der Waals surface area contributed by atoms with Crippen LogP contribution in [0.4, 0.5) is 10.1 Å². The number of hydrogen-bond donors (Lipinski definition) is 1. The number of nitrogens with one attached hydrogen (secondary N) is 1. The Morgan fingerprint density at radius 2 is 1.90 bits per heavy atom. The van der Waals surface area contributed by atoms with Crippen molar-refractivity contribution in [1.29, 1.82) is 0 Å². The van der Waals surface area contributed by atoms with Crippen molar-refractivity contribution in [2.45, 2.75) is 12.1 Å². The lowest BCUT2D eigenvalue weighted by molar-refractivity contribution is -0.113. The van der Waals surface area contributed by atoms with Crippen LogP contribution in [0.2, 0.25) is 0 Å². The third kappa shape index (κ3) is 4.08. The molecule has 0 saturated carbocycles. The zero-order chi connectivity index (χ0) is 20.4. The minimum Gasteiger partial charge on any atom is -0.323 e. The monoisotopic (exact) mass is 425 g/mol. The number of thiophene rings is 1. The average Bonchev–Trinajstić information content (AvgIpc) is 3.09. The molecular weight excluding hydrogens is 409 g/mol. The smallest absolute Gasteiger partial charge is 0.267 e. The van der Waals surface area contributed by atoms with Crippen LogP contribution in [0, 0.1) is 12.7 Å². The molecular formula is C21H16FN3O2S2. The molecule has 1 amide bonds. The highest BCUT2D eigenvalue weighted by Crippen LogP contribution is 2.26. The summed E-state index contributed by atoms with van der Waals surface area (Å²) in [5, 5.41) is 3.52. The number of halogens is 1. The highest BCUT2D eigenvalue weighted by molar-refractivity contribution is 7.99. The lowest BCUT2D eigenvalue weighted by Crippen LogP contribution is -2.22. The summed E-state index contributed by atoms with van der Waals surface area (Å²) in [6, 6.07) is 17.0. The first kappa shape index (κ1) is 19.4. The molecule has 0 saturated heterocycles. The zero-order valence-electron chi connectivity index (χ0n) is 15.4. The van der Waals surface area contributed by atoms with Crippen LogP contribution in [-0.2, 0) is 4.79 Å². The van der Waals surface area contributed by atoms with Crippen molar-refractivity contribution in [2.75, 3.05) is 11.1 Å². The fraction of sp³-hybridized carbons (Fsp3) is 0.0952. The number of aryl methyl sites for hydroxylation is 1. The van der Waals surface area contributed by atoms with Crippen molar-refractivity contribution >= 4 is 44.9 Å². The minimum absolute atomic E-state index is 0.0104. The Morgan fingerprint density at radius 1 is 1.17 bits per heavy atom. The predicted molar refractivity (Wildman–Crippen MR) is 116 cm³/mol. The summed E-state index contributed by atoms with van der Waals surface area (Å²) in [5.41, 5.74) is 0.617. The van der Waals surface area contributed by atoms with Gasteiger partial charge in [0, 0.05) is 4.88 Å².